The van der Waals surface area contributed by atoms with Gasteiger partial charge in [0.25, 0.3) is 5.91 Å². The highest BCUT2D eigenvalue weighted by atomic mass is 32.1. The number of benzene rings is 2. The first-order valence-electron chi connectivity index (χ1n) is 9.19. The van der Waals surface area contributed by atoms with Gasteiger partial charge in [-0.25, -0.2) is 0 Å². The Morgan fingerprint density at radius 1 is 1.11 bits per heavy atom. The molecular formula is C22H24N2O2S. The number of hydrogen-bond donors (Lipinski definition) is 0. The Labute approximate surface area is 163 Å². The lowest BCUT2D eigenvalue weighted by Gasteiger charge is -2.08. The Balaban J connectivity index is 2.12. The molecule has 0 bridgehead atoms. The van der Waals surface area contributed by atoms with Crippen molar-refractivity contribution >= 4 is 17.2 Å². The number of thiazole rings is 1. The first kappa shape index (κ1) is 19.1. The molecule has 0 fully saturated rings. The lowest BCUT2D eigenvalue weighted by atomic mass is 10.1. The summed E-state index contributed by atoms with van der Waals surface area (Å²) >= 11 is 1.61. The van der Waals surface area contributed by atoms with Gasteiger partial charge in [0.15, 0.2) is 4.80 Å². The summed E-state index contributed by atoms with van der Waals surface area (Å²) in [6.45, 7) is 5.02. The highest BCUT2D eigenvalue weighted by Gasteiger charge is 2.15. The van der Waals surface area contributed by atoms with Crippen molar-refractivity contribution in [2.24, 2.45) is 4.99 Å². The fourth-order valence-corrected chi connectivity index (χ4v) is 4.36. The van der Waals surface area contributed by atoms with Crippen LogP contribution in [-0.2, 0) is 13.0 Å². The van der Waals surface area contributed by atoms with Gasteiger partial charge in [0.1, 0.15) is 5.75 Å². The third-order valence-corrected chi connectivity index (χ3v) is 5.47. The molecule has 1 heterocycles. The minimum absolute atomic E-state index is 0.250. The van der Waals surface area contributed by atoms with E-state index >= 15 is 0 Å². The SMILES string of the molecule is CCCc1sc(=NC(=O)c2cccc(OC)c2)n(CC)c1-c1ccccc1. The van der Waals surface area contributed by atoms with Gasteiger partial charge in [0, 0.05) is 17.0 Å². The van der Waals surface area contributed by atoms with Crippen molar-refractivity contribution in [3.63, 3.8) is 0 Å². The number of ether oxygens (including phenoxy) is 1. The molecule has 0 aliphatic rings. The van der Waals surface area contributed by atoms with Crippen LogP contribution in [0, 0.1) is 0 Å². The Kier molecular flexibility index (Phi) is 6.24. The number of amides is 1. The van der Waals surface area contributed by atoms with Crippen LogP contribution in [0.15, 0.2) is 59.6 Å². The van der Waals surface area contributed by atoms with Gasteiger partial charge in [-0.1, -0.05) is 49.7 Å². The number of carbonyl (C=O) groups is 1. The fraction of sp³-hybridized carbons (Fsp3) is 0.273. The zero-order valence-electron chi connectivity index (χ0n) is 15.9. The third kappa shape index (κ3) is 4.19. The average Bonchev–Trinajstić information content (AvgIpc) is 3.05. The van der Waals surface area contributed by atoms with E-state index in [1.165, 1.54) is 10.6 Å². The quantitative estimate of drug-likeness (QED) is 0.608. The lowest BCUT2D eigenvalue weighted by molar-refractivity contribution is 0.0997. The van der Waals surface area contributed by atoms with Gasteiger partial charge in [0.2, 0.25) is 0 Å². The molecule has 0 N–H and O–H groups in total. The van der Waals surface area contributed by atoms with E-state index in [1.54, 1.807) is 30.6 Å². The van der Waals surface area contributed by atoms with E-state index in [-0.39, 0.29) is 5.91 Å². The molecule has 0 aliphatic heterocycles. The lowest BCUT2D eigenvalue weighted by Crippen LogP contribution is -2.17. The number of rotatable bonds is 6. The molecule has 3 rings (SSSR count). The van der Waals surface area contributed by atoms with E-state index in [1.807, 2.05) is 30.3 Å². The van der Waals surface area contributed by atoms with Gasteiger partial charge in [-0.05, 0) is 37.1 Å². The molecule has 0 atom stereocenters. The molecule has 0 saturated carbocycles. The van der Waals surface area contributed by atoms with Crippen molar-refractivity contribution in [3.05, 3.63) is 69.8 Å². The van der Waals surface area contributed by atoms with Crippen LogP contribution in [-0.4, -0.2) is 17.6 Å². The minimum atomic E-state index is -0.250. The summed E-state index contributed by atoms with van der Waals surface area (Å²) in [6, 6.07) is 17.4. The maximum atomic E-state index is 12.7. The van der Waals surface area contributed by atoms with E-state index in [0.29, 0.717) is 11.3 Å². The molecule has 140 valence electrons. The molecule has 5 heteroatoms. The molecule has 27 heavy (non-hydrogen) atoms. The summed E-state index contributed by atoms with van der Waals surface area (Å²) in [7, 11) is 1.59. The average molecular weight is 381 g/mol. The topological polar surface area (TPSA) is 43.6 Å². The van der Waals surface area contributed by atoms with E-state index < -0.39 is 0 Å². The molecule has 0 radical (unpaired) electrons. The number of hydrogen-bond acceptors (Lipinski definition) is 3. The maximum absolute atomic E-state index is 12.7. The van der Waals surface area contributed by atoms with E-state index in [0.717, 1.165) is 29.8 Å². The van der Waals surface area contributed by atoms with Crippen LogP contribution in [0.25, 0.3) is 11.3 Å². The summed E-state index contributed by atoms with van der Waals surface area (Å²) in [5.41, 5.74) is 2.86. The number of aryl methyl sites for hydroxylation is 1. The number of nitrogens with zero attached hydrogens (tertiary/aromatic N) is 2. The monoisotopic (exact) mass is 380 g/mol. The predicted octanol–water partition coefficient (Wildman–Crippen LogP) is 4.94. The molecule has 4 nitrogen and oxygen atoms in total. The zero-order chi connectivity index (χ0) is 19.2. The Hall–Kier alpha value is -2.66. The Morgan fingerprint density at radius 3 is 2.56 bits per heavy atom. The summed E-state index contributed by atoms with van der Waals surface area (Å²) in [4.78, 5) is 19.2. The van der Waals surface area contributed by atoms with Crippen LogP contribution in [0.4, 0.5) is 0 Å². The van der Waals surface area contributed by atoms with Gasteiger partial charge in [0.05, 0.1) is 12.8 Å². The van der Waals surface area contributed by atoms with Crippen LogP contribution in [0.3, 0.4) is 0 Å². The van der Waals surface area contributed by atoms with Crippen LogP contribution in [0.2, 0.25) is 0 Å². The Bertz CT molecular complexity index is 987. The second-order valence-electron chi connectivity index (χ2n) is 6.17. The van der Waals surface area contributed by atoms with Crippen molar-refractivity contribution in [2.75, 3.05) is 7.11 Å². The van der Waals surface area contributed by atoms with Gasteiger partial charge in [-0.2, -0.15) is 4.99 Å². The van der Waals surface area contributed by atoms with Crippen LogP contribution >= 0.6 is 11.3 Å². The number of aromatic nitrogens is 1. The first-order chi connectivity index (χ1) is 13.2. The number of carbonyl (C=O) groups excluding carboxylic acids is 1. The van der Waals surface area contributed by atoms with E-state index in [9.17, 15) is 4.79 Å². The van der Waals surface area contributed by atoms with Crippen LogP contribution < -0.4 is 9.54 Å². The highest BCUT2D eigenvalue weighted by Crippen LogP contribution is 2.27. The molecule has 0 unspecified atom stereocenters. The number of methoxy groups -OCH3 is 1. The molecule has 1 aromatic heterocycles. The molecule has 3 aromatic rings. The van der Waals surface area contributed by atoms with Gasteiger partial charge in [-0.3, -0.25) is 4.79 Å². The predicted molar refractivity (Wildman–Crippen MR) is 110 cm³/mol. The highest BCUT2D eigenvalue weighted by molar-refractivity contribution is 7.09. The normalized spacial score (nSPS) is 11.6. The molecular weight excluding hydrogens is 356 g/mol. The van der Waals surface area contributed by atoms with E-state index in [2.05, 4.69) is 35.5 Å². The standard InChI is InChI=1S/C22H24N2O2S/c1-4-10-19-20(16-11-7-6-8-12-16)24(5-2)22(27-19)23-21(25)17-13-9-14-18(15-17)26-3/h6-9,11-15H,4-5,10H2,1-3H3. The van der Waals surface area contributed by atoms with Crippen LogP contribution in [0.5, 0.6) is 5.75 Å². The second kappa shape index (κ2) is 8.82. The smallest absolute Gasteiger partial charge is 0.279 e. The second-order valence-corrected chi connectivity index (χ2v) is 7.23. The van der Waals surface area contributed by atoms with Crippen molar-refractivity contribution in [3.8, 4) is 17.0 Å². The van der Waals surface area contributed by atoms with Crippen LogP contribution in [0.1, 0.15) is 35.5 Å². The fourth-order valence-electron chi connectivity index (χ4n) is 3.05. The maximum Gasteiger partial charge on any atom is 0.279 e. The van der Waals surface area contributed by atoms with Crippen molar-refractivity contribution < 1.29 is 9.53 Å². The molecule has 0 saturated heterocycles. The van der Waals surface area contributed by atoms with Crippen molar-refractivity contribution in [1.29, 1.82) is 0 Å². The Morgan fingerprint density at radius 2 is 1.89 bits per heavy atom. The van der Waals surface area contributed by atoms with Gasteiger partial charge >= 0.3 is 0 Å². The molecule has 0 aliphatic carbocycles. The summed E-state index contributed by atoms with van der Waals surface area (Å²) in [5, 5.41) is 0. The first-order valence-corrected chi connectivity index (χ1v) is 10.0. The zero-order valence-corrected chi connectivity index (χ0v) is 16.8. The van der Waals surface area contributed by atoms with Crippen molar-refractivity contribution in [1.82, 2.24) is 4.57 Å². The van der Waals surface area contributed by atoms with Gasteiger partial charge in [-0.15, -0.1) is 11.3 Å². The third-order valence-electron chi connectivity index (χ3n) is 4.33. The molecule has 2 aromatic carbocycles. The minimum Gasteiger partial charge on any atom is -0.497 e. The molecule has 1 amide bonds. The summed E-state index contributed by atoms with van der Waals surface area (Å²) in [6.07, 6.45) is 2.02. The summed E-state index contributed by atoms with van der Waals surface area (Å²) < 4.78 is 7.36. The largest absolute Gasteiger partial charge is 0.497 e. The van der Waals surface area contributed by atoms with E-state index in [4.69, 9.17) is 4.74 Å². The van der Waals surface area contributed by atoms with Gasteiger partial charge < -0.3 is 9.30 Å². The summed E-state index contributed by atoms with van der Waals surface area (Å²) in [5.74, 6) is 0.405. The van der Waals surface area contributed by atoms with Crippen molar-refractivity contribution in [2.45, 2.75) is 33.2 Å². The molecule has 0 spiro atoms.